The van der Waals surface area contributed by atoms with Crippen molar-refractivity contribution in [2.45, 2.75) is 6.42 Å². The number of hydrogen-bond acceptors (Lipinski definition) is 2. The smallest absolute Gasteiger partial charge is 0.311 e. The molecule has 0 saturated carbocycles. The molecule has 0 aromatic heterocycles. The van der Waals surface area contributed by atoms with E-state index in [1.165, 1.54) is 18.2 Å². The van der Waals surface area contributed by atoms with Crippen molar-refractivity contribution in [2.75, 3.05) is 0 Å². The van der Waals surface area contributed by atoms with Crippen molar-refractivity contribution >= 4 is 11.8 Å². The average molecular weight is 140 g/mol. The van der Waals surface area contributed by atoms with Crippen LogP contribution in [0.2, 0.25) is 0 Å². The van der Waals surface area contributed by atoms with E-state index in [0.29, 0.717) is 0 Å². The standard InChI is InChI=1S/C7H8O3/c1-2-3-4-6(8)5-7(9)10/h2-4H,1,5H2,(H,9,10). The molecular formula is C7H8O3. The number of allylic oxidation sites excluding steroid dienone is 3. The van der Waals surface area contributed by atoms with E-state index in [4.69, 9.17) is 5.11 Å². The summed E-state index contributed by atoms with van der Waals surface area (Å²) in [5.74, 6) is -1.54. The van der Waals surface area contributed by atoms with Crippen molar-refractivity contribution in [3.63, 3.8) is 0 Å². The molecule has 0 aliphatic heterocycles. The summed E-state index contributed by atoms with van der Waals surface area (Å²) < 4.78 is 0. The van der Waals surface area contributed by atoms with Crippen LogP contribution in [0, 0.1) is 0 Å². The summed E-state index contributed by atoms with van der Waals surface area (Å²) in [4.78, 5) is 20.4. The van der Waals surface area contributed by atoms with Crippen LogP contribution in [0.15, 0.2) is 24.8 Å². The summed E-state index contributed by atoms with van der Waals surface area (Å²) >= 11 is 0. The van der Waals surface area contributed by atoms with Crippen LogP contribution in [0.3, 0.4) is 0 Å². The molecule has 0 heterocycles. The topological polar surface area (TPSA) is 54.4 Å². The lowest BCUT2D eigenvalue weighted by molar-refractivity contribution is -0.139. The van der Waals surface area contributed by atoms with Crippen molar-refractivity contribution in [1.82, 2.24) is 0 Å². The van der Waals surface area contributed by atoms with Crippen molar-refractivity contribution < 1.29 is 14.7 Å². The van der Waals surface area contributed by atoms with E-state index in [-0.39, 0.29) is 0 Å². The Kier molecular flexibility index (Phi) is 3.87. The summed E-state index contributed by atoms with van der Waals surface area (Å²) in [6.45, 7) is 3.33. The zero-order chi connectivity index (χ0) is 7.98. The third-order valence-corrected chi connectivity index (χ3v) is 0.744. The molecule has 0 unspecified atom stereocenters. The van der Waals surface area contributed by atoms with Crippen LogP contribution in [0.1, 0.15) is 6.42 Å². The molecule has 0 saturated heterocycles. The molecular weight excluding hydrogens is 132 g/mol. The molecule has 0 radical (unpaired) electrons. The van der Waals surface area contributed by atoms with E-state index in [1.807, 2.05) is 0 Å². The Balaban J connectivity index is 3.75. The number of carboxylic acids is 1. The molecule has 0 bridgehead atoms. The van der Waals surface area contributed by atoms with Gasteiger partial charge in [0.1, 0.15) is 6.42 Å². The Morgan fingerprint density at radius 2 is 2.10 bits per heavy atom. The van der Waals surface area contributed by atoms with Gasteiger partial charge >= 0.3 is 5.97 Å². The van der Waals surface area contributed by atoms with Gasteiger partial charge in [-0.15, -0.1) is 0 Å². The van der Waals surface area contributed by atoms with Crippen LogP contribution < -0.4 is 0 Å². The zero-order valence-electron chi connectivity index (χ0n) is 5.41. The molecule has 0 atom stereocenters. The fourth-order valence-electron chi connectivity index (χ4n) is 0.383. The van der Waals surface area contributed by atoms with Crippen LogP contribution in [0.5, 0.6) is 0 Å². The highest BCUT2D eigenvalue weighted by Crippen LogP contribution is 1.85. The zero-order valence-corrected chi connectivity index (χ0v) is 5.41. The van der Waals surface area contributed by atoms with E-state index in [1.54, 1.807) is 0 Å². The third kappa shape index (κ3) is 4.77. The highest BCUT2D eigenvalue weighted by molar-refractivity contribution is 6.01. The van der Waals surface area contributed by atoms with Gasteiger partial charge in [0.05, 0.1) is 0 Å². The highest BCUT2D eigenvalue weighted by Gasteiger charge is 2.01. The molecule has 3 heteroatoms. The van der Waals surface area contributed by atoms with Crippen LogP contribution in [-0.2, 0) is 9.59 Å². The van der Waals surface area contributed by atoms with Gasteiger partial charge in [0.25, 0.3) is 0 Å². The summed E-state index contributed by atoms with van der Waals surface area (Å²) in [5.41, 5.74) is 0. The van der Waals surface area contributed by atoms with Crippen LogP contribution in [0.4, 0.5) is 0 Å². The summed E-state index contributed by atoms with van der Waals surface area (Å²) in [7, 11) is 0. The SMILES string of the molecule is C=CC=CC(=O)CC(=O)O. The van der Waals surface area contributed by atoms with E-state index >= 15 is 0 Å². The molecule has 0 aromatic carbocycles. The van der Waals surface area contributed by atoms with Gasteiger partial charge in [0, 0.05) is 0 Å². The van der Waals surface area contributed by atoms with E-state index < -0.39 is 18.2 Å². The lowest BCUT2D eigenvalue weighted by atomic mass is 10.2. The molecule has 54 valence electrons. The lowest BCUT2D eigenvalue weighted by Gasteiger charge is -1.84. The Hall–Kier alpha value is -1.38. The molecule has 3 nitrogen and oxygen atoms in total. The van der Waals surface area contributed by atoms with Gasteiger partial charge in [-0.1, -0.05) is 18.7 Å². The maximum absolute atomic E-state index is 10.5. The molecule has 0 rings (SSSR count). The van der Waals surface area contributed by atoms with Crippen molar-refractivity contribution in [1.29, 1.82) is 0 Å². The van der Waals surface area contributed by atoms with Crippen molar-refractivity contribution in [2.24, 2.45) is 0 Å². The Bertz CT molecular complexity index is 179. The molecule has 10 heavy (non-hydrogen) atoms. The fraction of sp³-hybridized carbons (Fsp3) is 0.143. The molecule has 0 fully saturated rings. The van der Waals surface area contributed by atoms with Crippen LogP contribution >= 0.6 is 0 Å². The van der Waals surface area contributed by atoms with Gasteiger partial charge in [0.2, 0.25) is 0 Å². The van der Waals surface area contributed by atoms with Gasteiger partial charge in [-0.05, 0) is 6.08 Å². The molecule has 0 amide bonds. The maximum Gasteiger partial charge on any atom is 0.311 e. The lowest BCUT2D eigenvalue weighted by Crippen LogP contribution is -2.02. The van der Waals surface area contributed by atoms with Gasteiger partial charge in [-0.3, -0.25) is 9.59 Å². The van der Waals surface area contributed by atoms with Gasteiger partial charge in [0.15, 0.2) is 5.78 Å². The first-order valence-electron chi connectivity index (χ1n) is 2.70. The maximum atomic E-state index is 10.5. The first kappa shape index (κ1) is 8.62. The second-order valence-electron chi connectivity index (χ2n) is 1.63. The first-order valence-corrected chi connectivity index (χ1v) is 2.70. The first-order chi connectivity index (χ1) is 4.66. The van der Waals surface area contributed by atoms with Crippen LogP contribution in [0.25, 0.3) is 0 Å². The second kappa shape index (κ2) is 4.49. The quantitative estimate of drug-likeness (QED) is 0.356. The predicted molar refractivity (Wildman–Crippen MR) is 36.6 cm³/mol. The predicted octanol–water partition coefficient (Wildman–Crippen LogP) is 0.772. The number of carboxylic acid groups (broad SMARTS) is 1. The molecule has 0 aliphatic rings. The van der Waals surface area contributed by atoms with E-state index in [9.17, 15) is 9.59 Å². The largest absolute Gasteiger partial charge is 0.481 e. The van der Waals surface area contributed by atoms with E-state index in [2.05, 4.69) is 6.58 Å². The average Bonchev–Trinajstić information content (AvgIpc) is 1.82. The molecule has 1 N–H and O–H groups in total. The minimum atomic E-state index is -1.11. The molecule has 0 aromatic rings. The van der Waals surface area contributed by atoms with Gasteiger partial charge in [-0.25, -0.2) is 0 Å². The Morgan fingerprint density at radius 1 is 1.50 bits per heavy atom. The number of carbonyl (C=O) groups excluding carboxylic acids is 1. The summed E-state index contributed by atoms with van der Waals surface area (Å²) in [6.07, 6.45) is 3.55. The number of rotatable bonds is 4. The van der Waals surface area contributed by atoms with Crippen molar-refractivity contribution in [3.05, 3.63) is 24.8 Å². The Labute approximate surface area is 58.7 Å². The van der Waals surface area contributed by atoms with Crippen molar-refractivity contribution in [3.8, 4) is 0 Å². The normalized spacial score (nSPS) is 9.60. The van der Waals surface area contributed by atoms with Crippen LogP contribution in [-0.4, -0.2) is 16.9 Å². The van der Waals surface area contributed by atoms with Gasteiger partial charge < -0.3 is 5.11 Å². The minimum Gasteiger partial charge on any atom is -0.481 e. The Morgan fingerprint density at radius 3 is 2.50 bits per heavy atom. The fourth-order valence-corrected chi connectivity index (χ4v) is 0.383. The number of hydrogen-bond donors (Lipinski definition) is 1. The monoisotopic (exact) mass is 140 g/mol. The summed E-state index contributed by atoms with van der Waals surface area (Å²) in [5, 5.41) is 8.10. The molecule has 0 spiro atoms. The molecule has 0 aliphatic carbocycles. The number of aliphatic carboxylic acids is 1. The minimum absolute atomic E-state index is 0.424. The third-order valence-electron chi connectivity index (χ3n) is 0.744. The van der Waals surface area contributed by atoms with Gasteiger partial charge in [-0.2, -0.15) is 0 Å². The van der Waals surface area contributed by atoms with E-state index in [0.717, 1.165) is 0 Å². The highest BCUT2D eigenvalue weighted by atomic mass is 16.4. The number of carbonyl (C=O) groups is 2. The number of ketones is 1. The summed E-state index contributed by atoms with van der Waals surface area (Å²) in [6, 6.07) is 0. The second-order valence-corrected chi connectivity index (χ2v) is 1.63.